The standard InChI is InChI=1S/C9H11BO.Ca.2H/c1-2-8-10-11-9-6-4-3-5-7-9;;;/h2-7,10H,1,8H2;;;. The summed E-state index contributed by atoms with van der Waals surface area (Å²) in [7, 11) is 0.716. The van der Waals surface area contributed by atoms with Crippen molar-refractivity contribution in [3.63, 3.8) is 0 Å². The minimum atomic E-state index is 0. The third-order valence-corrected chi connectivity index (χ3v) is 1.33. The van der Waals surface area contributed by atoms with Crippen LogP contribution in [0.3, 0.4) is 0 Å². The van der Waals surface area contributed by atoms with E-state index in [1.807, 2.05) is 36.4 Å². The van der Waals surface area contributed by atoms with Crippen LogP contribution in [0.4, 0.5) is 0 Å². The van der Waals surface area contributed by atoms with Crippen molar-refractivity contribution < 1.29 is 4.65 Å². The van der Waals surface area contributed by atoms with Gasteiger partial charge in [-0.3, -0.25) is 0 Å². The summed E-state index contributed by atoms with van der Waals surface area (Å²) < 4.78 is 5.38. The molecule has 0 bridgehead atoms. The van der Waals surface area contributed by atoms with E-state index in [9.17, 15) is 0 Å². The normalized spacial score (nSPS) is 8.00. The van der Waals surface area contributed by atoms with Crippen LogP contribution in [0.5, 0.6) is 5.75 Å². The SMILES string of the molecule is C=CCBOc1ccccc1.[CaH2]. The molecule has 0 aliphatic carbocycles. The molecule has 0 saturated heterocycles. The number of rotatable bonds is 4. The summed E-state index contributed by atoms with van der Waals surface area (Å²) >= 11 is 0. The van der Waals surface area contributed by atoms with Crippen LogP contribution >= 0.6 is 0 Å². The molecule has 1 rings (SSSR count). The minimum absolute atomic E-state index is 0. The van der Waals surface area contributed by atoms with Crippen LogP contribution < -0.4 is 4.65 Å². The predicted octanol–water partition coefficient (Wildman–Crippen LogP) is 1.10. The van der Waals surface area contributed by atoms with Gasteiger partial charge in [-0.05, 0) is 18.5 Å². The molecule has 0 radical (unpaired) electrons. The van der Waals surface area contributed by atoms with Crippen LogP contribution in [0.15, 0.2) is 43.0 Å². The van der Waals surface area contributed by atoms with Gasteiger partial charge in [0.15, 0.2) is 0 Å². The van der Waals surface area contributed by atoms with Gasteiger partial charge in [-0.2, -0.15) is 0 Å². The van der Waals surface area contributed by atoms with Gasteiger partial charge in [0, 0.05) is 0 Å². The zero-order valence-electron chi connectivity index (χ0n) is 6.49. The molecule has 0 aliphatic rings. The average molecular weight is 188 g/mol. The molecule has 0 unspecified atom stereocenters. The van der Waals surface area contributed by atoms with E-state index in [0.29, 0.717) is 7.48 Å². The number of hydrogen-bond donors (Lipinski definition) is 0. The van der Waals surface area contributed by atoms with Gasteiger partial charge >= 0.3 is 45.2 Å². The monoisotopic (exact) mass is 188 g/mol. The molecule has 0 atom stereocenters. The van der Waals surface area contributed by atoms with Crippen molar-refractivity contribution in [3.05, 3.63) is 43.0 Å². The van der Waals surface area contributed by atoms with E-state index < -0.39 is 0 Å². The van der Waals surface area contributed by atoms with E-state index in [4.69, 9.17) is 4.65 Å². The van der Waals surface area contributed by atoms with E-state index in [-0.39, 0.29) is 37.7 Å². The molecule has 0 N–H and O–H groups in total. The summed E-state index contributed by atoms with van der Waals surface area (Å²) in [4.78, 5) is 0. The van der Waals surface area contributed by atoms with Gasteiger partial charge in [0.05, 0.1) is 5.75 Å². The van der Waals surface area contributed by atoms with Gasteiger partial charge < -0.3 is 4.65 Å². The van der Waals surface area contributed by atoms with Gasteiger partial charge in [-0.1, -0.05) is 24.3 Å². The number of para-hydroxylation sites is 1. The van der Waals surface area contributed by atoms with Crippen molar-refractivity contribution in [3.8, 4) is 5.75 Å². The molecule has 0 amide bonds. The molecule has 1 aromatic rings. The maximum atomic E-state index is 5.38. The van der Waals surface area contributed by atoms with E-state index in [1.54, 1.807) is 0 Å². The number of benzene rings is 1. The average Bonchev–Trinajstić information content (AvgIpc) is 2.07. The Hall–Kier alpha value is 0.0847. The summed E-state index contributed by atoms with van der Waals surface area (Å²) in [6.45, 7) is 3.61. The van der Waals surface area contributed by atoms with Crippen LogP contribution in [-0.2, 0) is 0 Å². The van der Waals surface area contributed by atoms with Crippen molar-refractivity contribution in [2.24, 2.45) is 0 Å². The third kappa shape index (κ3) is 4.86. The zero-order chi connectivity index (χ0) is 7.94. The Bertz CT molecular complexity index is 213. The van der Waals surface area contributed by atoms with E-state index in [0.717, 1.165) is 12.1 Å². The van der Waals surface area contributed by atoms with Crippen LogP contribution in [-0.4, -0.2) is 45.2 Å². The molecule has 0 heterocycles. The first kappa shape index (κ1) is 12.1. The summed E-state index contributed by atoms with van der Waals surface area (Å²) in [5, 5.41) is 0. The van der Waals surface area contributed by atoms with Crippen LogP contribution in [0.2, 0.25) is 6.32 Å². The molecule has 0 aromatic heterocycles. The Balaban J connectivity index is 0.00000121. The molecule has 0 fully saturated rings. The summed E-state index contributed by atoms with van der Waals surface area (Å²) in [5.41, 5.74) is 0. The van der Waals surface area contributed by atoms with Crippen LogP contribution in [0, 0.1) is 0 Å². The first-order valence-electron chi connectivity index (χ1n) is 3.72. The number of hydrogen-bond acceptors (Lipinski definition) is 1. The van der Waals surface area contributed by atoms with Crippen molar-refractivity contribution in [2.75, 3.05) is 0 Å². The Labute approximate surface area is 104 Å². The summed E-state index contributed by atoms with van der Waals surface area (Å²) in [5.74, 6) is 0.925. The summed E-state index contributed by atoms with van der Waals surface area (Å²) in [6, 6.07) is 9.79. The van der Waals surface area contributed by atoms with Gasteiger partial charge in [0.1, 0.15) is 0 Å². The second kappa shape index (κ2) is 7.72. The van der Waals surface area contributed by atoms with E-state index in [1.165, 1.54) is 0 Å². The number of allylic oxidation sites excluding steroid dienone is 1. The van der Waals surface area contributed by atoms with Gasteiger partial charge in [0.2, 0.25) is 0 Å². The molecule has 0 aliphatic heterocycles. The molecular formula is C9H13BCaO. The Morgan fingerprint density at radius 1 is 1.33 bits per heavy atom. The second-order valence-corrected chi connectivity index (χ2v) is 2.24. The van der Waals surface area contributed by atoms with Gasteiger partial charge in [0.25, 0.3) is 0 Å². The first-order valence-corrected chi connectivity index (χ1v) is 3.72. The Morgan fingerprint density at radius 2 is 2.00 bits per heavy atom. The van der Waals surface area contributed by atoms with Crippen molar-refractivity contribution in [2.45, 2.75) is 6.32 Å². The molecular weight excluding hydrogens is 175 g/mol. The van der Waals surface area contributed by atoms with Gasteiger partial charge in [-0.25, -0.2) is 0 Å². The second-order valence-electron chi connectivity index (χ2n) is 2.24. The molecule has 3 heteroatoms. The van der Waals surface area contributed by atoms with Crippen molar-refractivity contribution >= 4 is 45.2 Å². The molecule has 1 nitrogen and oxygen atoms in total. The fourth-order valence-corrected chi connectivity index (χ4v) is 0.777. The Kier molecular flexibility index (Phi) is 7.77. The molecule has 0 spiro atoms. The topological polar surface area (TPSA) is 9.23 Å². The Morgan fingerprint density at radius 3 is 2.58 bits per heavy atom. The molecule has 1 aromatic carbocycles. The molecule has 60 valence electrons. The molecule has 0 saturated carbocycles. The van der Waals surface area contributed by atoms with Gasteiger partial charge in [-0.15, -0.1) is 6.58 Å². The van der Waals surface area contributed by atoms with Crippen molar-refractivity contribution in [1.29, 1.82) is 0 Å². The van der Waals surface area contributed by atoms with Crippen LogP contribution in [0.1, 0.15) is 0 Å². The molecule has 12 heavy (non-hydrogen) atoms. The quantitative estimate of drug-likeness (QED) is 0.390. The third-order valence-electron chi connectivity index (χ3n) is 1.33. The predicted molar refractivity (Wildman–Crippen MR) is 57.8 cm³/mol. The summed E-state index contributed by atoms with van der Waals surface area (Å²) in [6.07, 6.45) is 2.75. The first-order chi connectivity index (χ1) is 5.43. The van der Waals surface area contributed by atoms with Crippen LogP contribution in [0.25, 0.3) is 0 Å². The van der Waals surface area contributed by atoms with E-state index in [2.05, 4.69) is 6.58 Å². The fourth-order valence-electron chi connectivity index (χ4n) is 0.777. The maximum absolute atomic E-state index is 5.38. The zero-order valence-corrected chi connectivity index (χ0v) is 6.49. The fraction of sp³-hybridized carbons (Fsp3) is 0.111. The van der Waals surface area contributed by atoms with Crippen molar-refractivity contribution in [1.82, 2.24) is 0 Å². The van der Waals surface area contributed by atoms with E-state index >= 15 is 0 Å².